The minimum atomic E-state index is -0.968. The van der Waals surface area contributed by atoms with Crippen molar-refractivity contribution < 1.29 is 24.2 Å². The molecule has 272 valence electrons. The van der Waals surface area contributed by atoms with Gasteiger partial charge in [-0.25, -0.2) is 0 Å². The first kappa shape index (κ1) is 44.6. The van der Waals surface area contributed by atoms with Gasteiger partial charge in [-0.3, -0.25) is 9.59 Å². The van der Waals surface area contributed by atoms with Gasteiger partial charge in [0.15, 0.2) is 0 Å². The minimum Gasteiger partial charge on any atom is -0.463 e. The highest BCUT2D eigenvalue weighted by Gasteiger charge is 2.12. The van der Waals surface area contributed by atoms with Gasteiger partial charge in [-0.05, 0) is 32.1 Å². The molecule has 0 spiro atoms. The molecule has 1 atom stereocenters. The van der Waals surface area contributed by atoms with Gasteiger partial charge >= 0.3 is 11.9 Å². The minimum absolute atomic E-state index is 0.119. The van der Waals surface area contributed by atoms with Gasteiger partial charge in [0.2, 0.25) is 0 Å². The molecule has 1 N–H and O–H groups in total. The van der Waals surface area contributed by atoms with Crippen LogP contribution in [0.25, 0.3) is 0 Å². The maximum atomic E-state index is 12.0. The van der Waals surface area contributed by atoms with Gasteiger partial charge in [0.05, 0.1) is 0 Å². The lowest BCUT2D eigenvalue weighted by molar-refractivity contribution is -0.152. The Hall–Kier alpha value is -1.36. The van der Waals surface area contributed by atoms with Crippen molar-refractivity contribution in [3.63, 3.8) is 0 Å². The number of carbonyl (C=O) groups is 2. The molecule has 0 amide bonds. The molecular weight excluding hydrogens is 572 g/mol. The number of hydrogen-bond donors (Lipinski definition) is 1. The van der Waals surface area contributed by atoms with E-state index in [2.05, 4.69) is 26.0 Å². The average molecular weight is 651 g/mol. The molecule has 0 aromatic carbocycles. The fourth-order valence-electron chi connectivity index (χ4n) is 5.91. The Kier molecular flexibility index (Phi) is 37.0. The van der Waals surface area contributed by atoms with E-state index in [0.29, 0.717) is 12.8 Å². The summed E-state index contributed by atoms with van der Waals surface area (Å²) in [4.78, 5) is 23.9. The van der Waals surface area contributed by atoms with Crippen molar-refractivity contribution >= 4 is 11.9 Å². The van der Waals surface area contributed by atoms with Gasteiger partial charge < -0.3 is 14.6 Å². The molecule has 0 rings (SSSR count). The summed E-state index contributed by atoms with van der Waals surface area (Å²) in [5, 5.41) is 9.99. The number of esters is 2. The molecule has 0 aliphatic rings. The summed E-state index contributed by atoms with van der Waals surface area (Å²) < 4.78 is 10.3. The highest BCUT2D eigenvalue weighted by molar-refractivity contribution is 5.69. The Labute approximate surface area is 286 Å². The van der Waals surface area contributed by atoms with Gasteiger partial charge in [-0.15, -0.1) is 0 Å². The van der Waals surface area contributed by atoms with Crippen molar-refractivity contribution in [1.29, 1.82) is 0 Å². The molecule has 0 bridgehead atoms. The number of hydrogen-bond acceptors (Lipinski definition) is 5. The number of rotatable bonds is 37. The number of unbranched alkanes of at least 4 members (excludes halogenated alkanes) is 27. The Morgan fingerprint density at radius 3 is 1.09 bits per heavy atom. The first-order chi connectivity index (χ1) is 22.6. The molecular formula is C41H78O5. The van der Waals surface area contributed by atoms with Crippen LogP contribution >= 0.6 is 0 Å². The van der Waals surface area contributed by atoms with Crippen LogP contribution in [-0.4, -0.2) is 36.4 Å². The average Bonchev–Trinajstić information content (AvgIpc) is 3.06. The molecule has 0 unspecified atom stereocenters. The van der Waals surface area contributed by atoms with Crippen molar-refractivity contribution in [2.75, 3.05) is 13.2 Å². The molecule has 0 saturated heterocycles. The maximum Gasteiger partial charge on any atom is 0.305 e. The van der Waals surface area contributed by atoms with Crippen LogP contribution in [0.1, 0.15) is 219 Å². The van der Waals surface area contributed by atoms with Crippen LogP contribution in [-0.2, 0) is 19.1 Å². The largest absolute Gasteiger partial charge is 0.463 e. The summed E-state index contributed by atoms with van der Waals surface area (Å²) in [5.41, 5.74) is 0. The molecule has 0 heterocycles. The predicted molar refractivity (Wildman–Crippen MR) is 196 cm³/mol. The van der Waals surface area contributed by atoms with Crippen LogP contribution in [0, 0.1) is 0 Å². The van der Waals surface area contributed by atoms with Gasteiger partial charge in [0.25, 0.3) is 0 Å². The van der Waals surface area contributed by atoms with Crippen molar-refractivity contribution in [1.82, 2.24) is 0 Å². The van der Waals surface area contributed by atoms with Gasteiger partial charge in [0, 0.05) is 12.8 Å². The Balaban J connectivity index is 3.37. The van der Waals surface area contributed by atoms with Crippen LogP contribution in [0.15, 0.2) is 12.2 Å². The third kappa shape index (κ3) is 37.1. The van der Waals surface area contributed by atoms with Crippen molar-refractivity contribution in [3.05, 3.63) is 12.2 Å². The molecule has 0 aliphatic heterocycles. The zero-order valence-corrected chi connectivity index (χ0v) is 30.9. The third-order valence-corrected chi connectivity index (χ3v) is 9.00. The monoisotopic (exact) mass is 651 g/mol. The zero-order chi connectivity index (χ0) is 33.6. The lowest BCUT2D eigenvalue weighted by Crippen LogP contribution is -2.25. The molecule has 0 aliphatic carbocycles. The lowest BCUT2D eigenvalue weighted by Gasteiger charge is -2.12. The maximum absolute atomic E-state index is 12.0. The van der Waals surface area contributed by atoms with E-state index >= 15 is 0 Å². The van der Waals surface area contributed by atoms with E-state index in [1.165, 1.54) is 161 Å². The number of ether oxygens (including phenoxy) is 2. The molecule has 0 aromatic rings. The fourth-order valence-corrected chi connectivity index (χ4v) is 5.91. The molecule has 5 heteroatoms. The molecule has 0 saturated carbocycles. The van der Waals surface area contributed by atoms with Crippen LogP contribution in [0.3, 0.4) is 0 Å². The van der Waals surface area contributed by atoms with Crippen LogP contribution in [0.4, 0.5) is 0 Å². The van der Waals surface area contributed by atoms with Crippen LogP contribution in [0.2, 0.25) is 0 Å². The number of allylic oxidation sites excluding steroid dienone is 2. The van der Waals surface area contributed by atoms with E-state index in [1.54, 1.807) is 0 Å². The highest BCUT2D eigenvalue weighted by atomic mass is 16.6. The van der Waals surface area contributed by atoms with E-state index in [4.69, 9.17) is 9.47 Å². The molecule has 0 aromatic heterocycles. The summed E-state index contributed by atoms with van der Waals surface area (Å²) in [6, 6.07) is 0. The highest BCUT2D eigenvalue weighted by Crippen LogP contribution is 2.15. The van der Waals surface area contributed by atoms with E-state index < -0.39 is 6.10 Å². The van der Waals surface area contributed by atoms with E-state index in [-0.39, 0.29) is 25.2 Å². The molecule has 0 radical (unpaired) electrons. The summed E-state index contributed by atoms with van der Waals surface area (Å²) in [6.45, 7) is 4.28. The van der Waals surface area contributed by atoms with Crippen LogP contribution in [0.5, 0.6) is 0 Å². The van der Waals surface area contributed by atoms with E-state index in [9.17, 15) is 14.7 Å². The normalized spacial score (nSPS) is 12.2. The first-order valence-electron chi connectivity index (χ1n) is 20.2. The summed E-state index contributed by atoms with van der Waals surface area (Å²) >= 11 is 0. The van der Waals surface area contributed by atoms with Gasteiger partial charge in [-0.1, -0.05) is 187 Å². The predicted octanol–water partition coefficient (Wildman–Crippen LogP) is 12.5. The Morgan fingerprint density at radius 2 is 0.717 bits per heavy atom. The lowest BCUT2D eigenvalue weighted by atomic mass is 10.0. The second-order valence-electron chi connectivity index (χ2n) is 13.8. The standard InChI is InChI=1S/C41H78O5/c1-3-5-7-9-11-13-15-16-17-18-19-20-21-22-23-24-26-28-30-32-34-36-41(44)46-38-39(42)37-45-40(43)35-33-31-29-27-25-14-12-10-8-6-4-2/h27,29,39,42H,3-26,28,30-38H2,1-2H3/b29-27-/t39-/m0/s1. The number of aliphatic hydroxyl groups excluding tert-OH is 1. The first-order valence-corrected chi connectivity index (χ1v) is 20.2. The van der Waals surface area contributed by atoms with Crippen molar-refractivity contribution in [3.8, 4) is 0 Å². The van der Waals surface area contributed by atoms with Crippen molar-refractivity contribution in [2.45, 2.75) is 225 Å². The fraction of sp³-hybridized carbons (Fsp3) is 0.902. The SMILES string of the molecule is CCCCCCCC/C=C\CCCC(=O)OC[C@H](O)COC(=O)CCCCCCCCCCCCCCCCCCCCCCC. The Morgan fingerprint density at radius 1 is 0.435 bits per heavy atom. The topological polar surface area (TPSA) is 72.8 Å². The summed E-state index contributed by atoms with van der Waals surface area (Å²) in [7, 11) is 0. The van der Waals surface area contributed by atoms with Gasteiger partial charge in [-0.2, -0.15) is 0 Å². The quantitative estimate of drug-likeness (QED) is 0.0411. The summed E-state index contributed by atoms with van der Waals surface area (Å²) in [5.74, 6) is -0.592. The molecule has 0 fully saturated rings. The zero-order valence-electron chi connectivity index (χ0n) is 30.9. The molecule has 5 nitrogen and oxygen atoms in total. The smallest absolute Gasteiger partial charge is 0.305 e. The summed E-state index contributed by atoms with van der Waals surface area (Å²) in [6.07, 6.45) is 42.8. The number of aliphatic hydroxyl groups is 1. The Bertz CT molecular complexity index is 661. The van der Waals surface area contributed by atoms with E-state index in [1.807, 2.05) is 0 Å². The van der Waals surface area contributed by atoms with Crippen molar-refractivity contribution in [2.24, 2.45) is 0 Å². The third-order valence-electron chi connectivity index (χ3n) is 9.00. The second-order valence-corrected chi connectivity index (χ2v) is 13.8. The van der Waals surface area contributed by atoms with Gasteiger partial charge in [0.1, 0.15) is 19.3 Å². The second kappa shape index (κ2) is 38.1. The van der Waals surface area contributed by atoms with E-state index in [0.717, 1.165) is 32.1 Å². The van der Waals surface area contributed by atoms with Crippen LogP contribution < -0.4 is 0 Å². The molecule has 46 heavy (non-hydrogen) atoms. The number of carbonyl (C=O) groups excluding carboxylic acids is 2.